The normalized spacial score (nSPS) is 14.3. The number of ether oxygens (including phenoxy) is 4. The van der Waals surface area contributed by atoms with Crippen LogP contribution < -0.4 is 30.3 Å². The molecule has 1 heterocycles. The maximum Gasteiger partial charge on any atom is 0.338 e. The third-order valence-corrected chi connectivity index (χ3v) is 7.53. The number of carbonyl (C=O) groups is 3. The topological polar surface area (TPSA) is 157 Å². The van der Waals surface area contributed by atoms with E-state index < -0.39 is 23.9 Å². The molecule has 0 saturated carbocycles. The maximum absolute atomic E-state index is 12.8. The van der Waals surface area contributed by atoms with Crippen molar-refractivity contribution in [1.29, 1.82) is 0 Å². The molecule has 0 radical (unpaired) electrons. The van der Waals surface area contributed by atoms with Crippen molar-refractivity contribution in [2.24, 2.45) is 5.10 Å². The summed E-state index contributed by atoms with van der Waals surface area (Å²) in [7, 11) is 1.50. The highest BCUT2D eigenvalue weighted by atomic mass is 79.9. The Labute approximate surface area is 278 Å². The molecule has 1 aliphatic rings. The highest BCUT2D eigenvalue weighted by molar-refractivity contribution is 9.10. The highest BCUT2D eigenvalue weighted by Gasteiger charge is 2.32. The van der Waals surface area contributed by atoms with Gasteiger partial charge in [-0.2, -0.15) is 5.10 Å². The first-order valence-electron chi connectivity index (χ1n) is 13.9. The van der Waals surface area contributed by atoms with Crippen LogP contribution in [0.3, 0.4) is 0 Å². The highest BCUT2D eigenvalue weighted by Crippen LogP contribution is 2.35. The molecule has 14 heteroatoms. The first kappa shape index (κ1) is 33.9. The number of rotatable bonds is 13. The predicted octanol–water partition coefficient (Wildman–Crippen LogP) is 4.62. The maximum atomic E-state index is 12.8. The van der Waals surface area contributed by atoms with Gasteiger partial charge in [0.05, 0.1) is 37.1 Å². The molecule has 1 atom stereocenters. The molecule has 12 nitrogen and oxygen atoms in total. The Bertz CT molecular complexity index is 1690. The summed E-state index contributed by atoms with van der Waals surface area (Å²) in [5.41, 5.74) is 5.52. The van der Waals surface area contributed by atoms with E-state index in [0.717, 1.165) is 5.56 Å². The molecule has 0 aliphatic carbocycles. The number of para-hydroxylation sites is 1. The smallest absolute Gasteiger partial charge is 0.338 e. The molecule has 240 valence electrons. The van der Waals surface area contributed by atoms with E-state index >= 15 is 0 Å². The van der Waals surface area contributed by atoms with Crippen molar-refractivity contribution in [3.05, 3.63) is 98.7 Å². The number of carboxylic acids is 1. The van der Waals surface area contributed by atoms with Crippen LogP contribution in [0, 0.1) is 0 Å². The van der Waals surface area contributed by atoms with Gasteiger partial charge < -0.3 is 34.7 Å². The van der Waals surface area contributed by atoms with E-state index in [-0.39, 0.29) is 25.4 Å². The SMILES string of the molecule is CCOC(=O)C1=C(C)NC(=S)N[C@H]1c1ccccc1OCC(=O)NN=Cc1cc(OC)c(OCc2ccc(C(=O)O)cc2)cc1Br. The van der Waals surface area contributed by atoms with Crippen molar-refractivity contribution in [3.8, 4) is 17.2 Å². The second-order valence-electron chi connectivity index (χ2n) is 9.73. The van der Waals surface area contributed by atoms with Crippen molar-refractivity contribution in [2.45, 2.75) is 26.5 Å². The minimum atomic E-state index is -1.00. The number of benzene rings is 3. The number of methoxy groups -OCH3 is 1. The quantitative estimate of drug-likeness (QED) is 0.0850. The molecule has 4 N–H and O–H groups in total. The zero-order valence-electron chi connectivity index (χ0n) is 25.1. The van der Waals surface area contributed by atoms with Crippen LogP contribution in [0.25, 0.3) is 0 Å². The molecule has 1 amide bonds. The van der Waals surface area contributed by atoms with Crippen LogP contribution in [0.4, 0.5) is 0 Å². The lowest BCUT2D eigenvalue weighted by Crippen LogP contribution is -2.45. The zero-order valence-corrected chi connectivity index (χ0v) is 27.5. The van der Waals surface area contributed by atoms with E-state index in [1.54, 1.807) is 62.4 Å². The van der Waals surface area contributed by atoms with Crippen LogP contribution >= 0.6 is 28.1 Å². The number of allylic oxidation sites excluding steroid dienone is 1. The summed E-state index contributed by atoms with van der Waals surface area (Å²) in [6.07, 6.45) is 1.44. The Morgan fingerprint density at radius 1 is 1.07 bits per heavy atom. The second kappa shape index (κ2) is 15.9. The minimum Gasteiger partial charge on any atom is -0.493 e. The number of esters is 1. The van der Waals surface area contributed by atoms with Crippen LogP contribution in [-0.4, -0.2) is 54.6 Å². The van der Waals surface area contributed by atoms with Gasteiger partial charge in [0.1, 0.15) is 12.4 Å². The molecule has 1 aliphatic heterocycles. The van der Waals surface area contributed by atoms with Crippen LogP contribution in [0.1, 0.15) is 46.9 Å². The number of carbonyl (C=O) groups excluding carboxylic acids is 2. The number of hydrazone groups is 1. The zero-order chi connectivity index (χ0) is 33.2. The van der Waals surface area contributed by atoms with Crippen molar-refractivity contribution < 1.29 is 38.4 Å². The van der Waals surface area contributed by atoms with Crippen molar-refractivity contribution >= 4 is 57.3 Å². The molecule has 3 aromatic carbocycles. The van der Waals surface area contributed by atoms with Crippen LogP contribution in [0.15, 0.2) is 81.5 Å². The number of halogens is 1. The number of nitrogens with zero attached hydrogens (tertiary/aromatic N) is 1. The molecule has 0 bridgehead atoms. The summed E-state index contributed by atoms with van der Waals surface area (Å²) < 4.78 is 23.1. The summed E-state index contributed by atoms with van der Waals surface area (Å²) in [5.74, 6) is -0.767. The van der Waals surface area contributed by atoms with E-state index in [1.807, 2.05) is 0 Å². The van der Waals surface area contributed by atoms with Crippen molar-refractivity contribution in [3.63, 3.8) is 0 Å². The monoisotopic (exact) mass is 710 g/mol. The number of amides is 1. The first-order valence-corrected chi connectivity index (χ1v) is 15.1. The molecule has 3 aromatic rings. The molecule has 0 unspecified atom stereocenters. The minimum absolute atomic E-state index is 0.188. The number of hydrogen-bond acceptors (Lipinski definition) is 9. The van der Waals surface area contributed by atoms with Crippen LogP contribution in [0.2, 0.25) is 0 Å². The van der Waals surface area contributed by atoms with Crippen molar-refractivity contribution in [2.75, 3.05) is 20.3 Å². The number of thiocarbonyl (C=S) groups is 1. The lowest BCUT2D eigenvalue weighted by molar-refractivity contribution is -0.139. The number of nitrogens with one attached hydrogen (secondary N) is 3. The molecule has 0 saturated heterocycles. The van der Waals surface area contributed by atoms with E-state index in [9.17, 15) is 14.4 Å². The van der Waals surface area contributed by atoms with E-state index in [4.69, 9.17) is 36.3 Å². The number of hydrogen-bond donors (Lipinski definition) is 4. The second-order valence-corrected chi connectivity index (χ2v) is 11.0. The van der Waals surface area contributed by atoms with Gasteiger partial charge in [0.25, 0.3) is 5.91 Å². The largest absolute Gasteiger partial charge is 0.493 e. The summed E-state index contributed by atoms with van der Waals surface area (Å²) >= 11 is 8.80. The summed E-state index contributed by atoms with van der Waals surface area (Å²) in [6.45, 7) is 3.50. The third-order valence-electron chi connectivity index (χ3n) is 6.62. The molecular weight excluding hydrogens is 680 g/mol. The fourth-order valence-electron chi connectivity index (χ4n) is 4.43. The Kier molecular flexibility index (Phi) is 11.7. The Morgan fingerprint density at radius 3 is 2.50 bits per heavy atom. The molecule has 4 rings (SSSR count). The standard InChI is InChI=1S/C32H31BrN4O8S/c1-4-43-31(41)28-18(2)35-32(46)36-29(28)22-7-5-6-8-24(22)45-17-27(38)37-34-15-21-13-25(42-3)26(14-23(21)33)44-16-19-9-11-20(12-10-19)30(39)40/h5-15,29H,4,16-17H2,1-3H3,(H,37,38)(H,39,40)(H2,35,36,46)/t29-/m0/s1. The van der Waals surface area contributed by atoms with E-state index in [2.05, 4.69) is 37.1 Å². The van der Waals surface area contributed by atoms with Gasteiger partial charge in [0.2, 0.25) is 0 Å². The Morgan fingerprint density at radius 2 is 1.80 bits per heavy atom. The van der Waals surface area contributed by atoms with Gasteiger partial charge in [-0.1, -0.05) is 30.3 Å². The third kappa shape index (κ3) is 8.61. The van der Waals surface area contributed by atoms with Gasteiger partial charge in [0, 0.05) is 21.3 Å². The van der Waals surface area contributed by atoms with E-state index in [0.29, 0.717) is 49.2 Å². The molecular formula is C32H31BrN4O8S. The van der Waals surface area contributed by atoms with Gasteiger partial charge in [0.15, 0.2) is 23.2 Å². The van der Waals surface area contributed by atoms with Crippen molar-refractivity contribution in [1.82, 2.24) is 16.1 Å². The Balaban J connectivity index is 1.39. The predicted molar refractivity (Wildman–Crippen MR) is 177 cm³/mol. The van der Waals surface area contributed by atoms with Crippen LogP contribution in [0.5, 0.6) is 17.2 Å². The molecule has 46 heavy (non-hydrogen) atoms. The number of carboxylic acid groups (broad SMARTS) is 1. The van der Waals surface area contributed by atoms with Crippen LogP contribution in [-0.2, 0) is 20.9 Å². The molecule has 0 fully saturated rings. The van der Waals surface area contributed by atoms with Gasteiger partial charge in [-0.3, -0.25) is 4.79 Å². The average molecular weight is 712 g/mol. The number of aromatic carboxylic acids is 1. The fourth-order valence-corrected chi connectivity index (χ4v) is 5.13. The van der Waals surface area contributed by atoms with Gasteiger partial charge >= 0.3 is 11.9 Å². The van der Waals surface area contributed by atoms with Gasteiger partial charge in [-0.05, 0) is 77.9 Å². The molecule has 0 aromatic heterocycles. The average Bonchev–Trinajstić information content (AvgIpc) is 3.03. The van der Waals surface area contributed by atoms with Gasteiger partial charge in [-0.25, -0.2) is 15.0 Å². The molecule has 0 spiro atoms. The first-order chi connectivity index (χ1) is 22.1. The van der Waals surface area contributed by atoms with E-state index in [1.165, 1.54) is 25.5 Å². The lowest BCUT2D eigenvalue weighted by atomic mass is 9.95. The summed E-state index contributed by atoms with van der Waals surface area (Å²) in [6, 6.07) is 16.1. The summed E-state index contributed by atoms with van der Waals surface area (Å²) in [4.78, 5) is 36.4. The van der Waals surface area contributed by atoms with Gasteiger partial charge in [-0.15, -0.1) is 0 Å². The summed E-state index contributed by atoms with van der Waals surface area (Å²) in [5, 5.41) is 19.5. The lowest BCUT2D eigenvalue weighted by Gasteiger charge is -2.30. The Hall–Kier alpha value is -4.95. The fraction of sp³-hybridized carbons (Fsp3) is 0.219.